The van der Waals surface area contributed by atoms with Crippen LogP contribution >= 0.6 is 0 Å². The SMILES string of the molecule is CC(C)(C)OC(=O)N1[C@H](c2nc(-c3nc(C(=O)O)co3)co2)COC1(C)C. The minimum atomic E-state index is -1.21. The number of rotatable bonds is 3. The van der Waals surface area contributed by atoms with Gasteiger partial charge in [0, 0.05) is 0 Å². The summed E-state index contributed by atoms with van der Waals surface area (Å²) in [5.41, 5.74) is -1.62. The van der Waals surface area contributed by atoms with Gasteiger partial charge in [-0.2, -0.15) is 0 Å². The predicted molar refractivity (Wildman–Crippen MR) is 89.8 cm³/mol. The third-order valence-corrected chi connectivity index (χ3v) is 3.83. The second-order valence-electron chi connectivity index (χ2n) is 7.54. The minimum Gasteiger partial charge on any atom is -0.476 e. The van der Waals surface area contributed by atoms with Crippen molar-refractivity contribution in [3.05, 3.63) is 24.1 Å². The molecule has 1 N–H and O–H groups in total. The smallest absolute Gasteiger partial charge is 0.413 e. The number of aromatic nitrogens is 2. The molecule has 1 atom stereocenters. The molecule has 3 heterocycles. The molecule has 1 amide bonds. The monoisotopic (exact) mass is 379 g/mol. The lowest BCUT2D eigenvalue weighted by Crippen LogP contribution is -2.47. The maximum Gasteiger partial charge on any atom is 0.413 e. The number of hydrogen-bond donors (Lipinski definition) is 1. The van der Waals surface area contributed by atoms with Crippen molar-refractivity contribution in [3.63, 3.8) is 0 Å². The summed E-state index contributed by atoms with van der Waals surface area (Å²) in [4.78, 5) is 33.1. The van der Waals surface area contributed by atoms with E-state index in [1.54, 1.807) is 34.6 Å². The molecule has 146 valence electrons. The lowest BCUT2D eigenvalue weighted by atomic mass is 10.2. The van der Waals surface area contributed by atoms with Crippen molar-refractivity contribution in [3.8, 4) is 11.6 Å². The fourth-order valence-electron chi connectivity index (χ4n) is 2.67. The molecule has 2 aromatic rings. The summed E-state index contributed by atoms with van der Waals surface area (Å²) in [5, 5.41) is 8.93. The fraction of sp³-hybridized carbons (Fsp3) is 0.529. The number of carbonyl (C=O) groups excluding carboxylic acids is 1. The lowest BCUT2D eigenvalue weighted by Gasteiger charge is -2.34. The van der Waals surface area contributed by atoms with Crippen LogP contribution in [0, 0.1) is 0 Å². The summed E-state index contributed by atoms with van der Waals surface area (Å²) < 4.78 is 21.8. The highest BCUT2D eigenvalue weighted by Gasteiger charge is 2.48. The molecule has 0 aliphatic carbocycles. The molecule has 10 nitrogen and oxygen atoms in total. The van der Waals surface area contributed by atoms with Gasteiger partial charge >= 0.3 is 12.1 Å². The van der Waals surface area contributed by atoms with Crippen molar-refractivity contribution in [2.45, 2.75) is 52.0 Å². The zero-order valence-corrected chi connectivity index (χ0v) is 15.7. The molecule has 2 aromatic heterocycles. The van der Waals surface area contributed by atoms with E-state index in [9.17, 15) is 9.59 Å². The number of oxazole rings is 2. The molecule has 0 saturated carbocycles. The first-order valence-electron chi connectivity index (χ1n) is 8.29. The van der Waals surface area contributed by atoms with Gasteiger partial charge in [-0.25, -0.2) is 19.6 Å². The minimum absolute atomic E-state index is 0.00407. The van der Waals surface area contributed by atoms with E-state index in [2.05, 4.69) is 9.97 Å². The summed E-state index contributed by atoms with van der Waals surface area (Å²) in [6, 6.07) is -0.613. The van der Waals surface area contributed by atoms with Gasteiger partial charge < -0.3 is 23.4 Å². The van der Waals surface area contributed by atoms with Gasteiger partial charge in [0.15, 0.2) is 11.4 Å². The Labute approximate surface area is 155 Å². The Hall–Kier alpha value is -2.88. The molecule has 1 aliphatic heterocycles. The Balaban J connectivity index is 1.87. The maximum absolute atomic E-state index is 12.7. The second-order valence-corrected chi connectivity index (χ2v) is 7.54. The zero-order valence-electron chi connectivity index (χ0n) is 15.7. The molecular formula is C17H21N3O7. The van der Waals surface area contributed by atoms with Gasteiger partial charge in [0.25, 0.3) is 0 Å². The number of carboxylic acids is 1. The Kier molecular flexibility index (Phi) is 4.46. The average Bonchev–Trinajstić information content (AvgIpc) is 3.21. The molecule has 0 radical (unpaired) electrons. The van der Waals surface area contributed by atoms with E-state index >= 15 is 0 Å². The standard InChI is InChI=1S/C17H21N3O7/c1-16(2,3)27-15(23)20-11(8-26-17(20,4)5)13-18-9(6-25-13)12-19-10(7-24-12)14(21)22/h6-7,11H,8H2,1-5H3,(H,21,22)/t11-/m0/s1. The molecule has 0 spiro atoms. The molecular weight excluding hydrogens is 358 g/mol. The highest BCUT2D eigenvalue weighted by atomic mass is 16.6. The summed E-state index contributed by atoms with van der Waals surface area (Å²) in [6.07, 6.45) is 1.74. The van der Waals surface area contributed by atoms with Crippen molar-refractivity contribution in [1.82, 2.24) is 14.9 Å². The number of carboxylic acid groups (broad SMARTS) is 1. The van der Waals surface area contributed by atoms with Gasteiger partial charge in [-0.05, 0) is 34.6 Å². The highest BCUT2D eigenvalue weighted by molar-refractivity contribution is 5.85. The van der Waals surface area contributed by atoms with Crippen molar-refractivity contribution in [2.75, 3.05) is 6.61 Å². The molecule has 0 aromatic carbocycles. The summed E-state index contributed by atoms with van der Waals surface area (Å²) in [7, 11) is 0. The molecule has 1 saturated heterocycles. The third kappa shape index (κ3) is 3.80. The largest absolute Gasteiger partial charge is 0.476 e. The van der Waals surface area contributed by atoms with E-state index in [0.717, 1.165) is 6.26 Å². The summed E-state index contributed by atoms with van der Waals surface area (Å²) >= 11 is 0. The normalized spacial score (nSPS) is 19.3. The van der Waals surface area contributed by atoms with Gasteiger partial charge in [-0.1, -0.05) is 0 Å². The van der Waals surface area contributed by atoms with E-state index in [1.165, 1.54) is 11.2 Å². The first kappa shape index (κ1) is 18.9. The second kappa shape index (κ2) is 6.38. The molecule has 27 heavy (non-hydrogen) atoms. The van der Waals surface area contributed by atoms with Crippen LogP contribution in [0.3, 0.4) is 0 Å². The zero-order chi connectivity index (χ0) is 20.0. The molecule has 1 aliphatic rings. The molecule has 1 fully saturated rings. The van der Waals surface area contributed by atoms with Crippen LogP contribution in [0.4, 0.5) is 4.79 Å². The van der Waals surface area contributed by atoms with Crippen LogP contribution in [0.1, 0.15) is 57.0 Å². The Bertz CT molecular complexity index is 862. The van der Waals surface area contributed by atoms with Crippen molar-refractivity contribution in [1.29, 1.82) is 0 Å². The van der Waals surface area contributed by atoms with Gasteiger partial charge in [-0.3, -0.25) is 4.90 Å². The van der Waals surface area contributed by atoms with Gasteiger partial charge in [0.1, 0.15) is 29.9 Å². The van der Waals surface area contributed by atoms with E-state index in [4.69, 9.17) is 23.4 Å². The van der Waals surface area contributed by atoms with Crippen molar-refractivity contribution < 1.29 is 33.0 Å². The van der Waals surface area contributed by atoms with Crippen LogP contribution in [0.2, 0.25) is 0 Å². The topological polar surface area (TPSA) is 128 Å². The van der Waals surface area contributed by atoms with Crippen molar-refractivity contribution >= 4 is 12.1 Å². The average molecular weight is 379 g/mol. The molecule has 0 bridgehead atoms. The summed E-state index contributed by atoms with van der Waals surface area (Å²) in [6.45, 7) is 8.97. The van der Waals surface area contributed by atoms with Gasteiger partial charge in [0.05, 0.1) is 6.61 Å². The number of nitrogens with zero attached hydrogens (tertiary/aromatic N) is 3. The van der Waals surface area contributed by atoms with Crippen molar-refractivity contribution in [2.24, 2.45) is 0 Å². The number of aromatic carboxylic acids is 1. The number of carbonyl (C=O) groups is 2. The van der Waals surface area contributed by atoms with Crippen LogP contribution < -0.4 is 0 Å². The molecule has 3 rings (SSSR count). The van der Waals surface area contributed by atoms with Gasteiger partial charge in [-0.15, -0.1) is 0 Å². The quantitative estimate of drug-likeness (QED) is 0.855. The van der Waals surface area contributed by atoms with Crippen LogP contribution in [0.5, 0.6) is 0 Å². The van der Waals surface area contributed by atoms with Crippen LogP contribution in [0.15, 0.2) is 21.4 Å². The number of hydrogen-bond acceptors (Lipinski definition) is 8. The highest BCUT2D eigenvalue weighted by Crippen LogP contribution is 2.38. The predicted octanol–water partition coefficient (Wildman–Crippen LogP) is 3.07. The third-order valence-electron chi connectivity index (χ3n) is 3.83. The van der Waals surface area contributed by atoms with E-state index in [1.807, 2.05) is 0 Å². The van der Waals surface area contributed by atoms with Crippen LogP contribution in [0.25, 0.3) is 11.6 Å². The fourth-order valence-corrected chi connectivity index (χ4v) is 2.67. The lowest BCUT2D eigenvalue weighted by molar-refractivity contribution is -0.0634. The Morgan fingerprint density at radius 1 is 1.26 bits per heavy atom. The van der Waals surface area contributed by atoms with E-state index < -0.39 is 29.4 Å². The number of ether oxygens (including phenoxy) is 2. The Morgan fingerprint density at radius 3 is 2.56 bits per heavy atom. The summed E-state index contributed by atoms with van der Waals surface area (Å²) in [5.74, 6) is -1.00. The van der Waals surface area contributed by atoms with Crippen LogP contribution in [-0.2, 0) is 9.47 Å². The van der Waals surface area contributed by atoms with Crippen LogP contribution in [-0.4, -0.2) is 50.0 Å². The first-order chi connectivity index (χ1) is 12.5. The number of amides is 1. The molecule has 0 unspecified atom stereocenters. The van der Waals surface area contributed by atoms with E-state index in [0.29, 0.717) is 0 Å². The first-order valence-corrected chi connectivity index (χ1v) is 8.29. The maximum atomic E-state index is 12.7. The van der Waals surface area contributed by atoms with E-state index in [-0.39, 0.29) is 29.8 Å². The van der Waals surface area contributed by atoms with Gasteiger partial charge in [0.2, 0.25) is 11.8 Å². The molecule has 10 heteroatoms. The Morgan fingerprint density at radius 2 is 1.96 bits per heavy atom.